The molecule has 0 aliphatic carbocycles. The molecule has 3 rings (SSSR count). The molecule has 2 aromatic carbocycles. The van der Waals surface area contributed by atoms with Gasteiger partial charge in [-0.3, -0.25) is 4.79 Å². The maximum atomic E-state index is 12.4. The molecule has 1 heterocycles. The van der Waals surface area contributed by atoms with Gasteiger partial charge in [-0.25, -0.2) is 4.42 Å². The van der Waals surface area contributed by atoms with Gasteiger partial charge >= 0.3 is 0 Å². The van der Waals surface area contributed by atoms with E-state index in [0.717, 1.165) is 11.2 Å². The quantitative estimate of drug-likeness (QED) is 0.256. The fourth-order valence-electron chi connectivity index (χ4n) is 2.15. The first kappa shape index (κ1) is 29.7. The highest BCUT2D eigenvalue weighted by Crippen LogP contribution is 2.35. The van der Waals surface area contributed by atoms with Gasteiger partial charge in [0, 0.05) is 29.6 Å². The number of alkyl halides is 1. The summed E-state index contributed by atoms with van der Waals surface area (Å²) in [6, 6.07) is 10.5. The summed E-state index contributed by atoms with van der Waals surface area (Å²) in [7, 11) is 3.29. The molecule has 0 amide bonds. The van der Waals surface area contributed by atoms with Crippen molar-refractivity contribution in [1.82, 2.24) is 4.42 Å². The molecule has 0 fully saturated rings. The van der Waals surface area contributed by atoms with Gasteiger partial charge in [0.25, 0.3) is 0 Å². The van der Waals surface area contributed by atoms with E-state index in [1.807, 2.05) is 45.9 Å². The van der Waals surface area contributed by atoms with Crippen LogP contribution in [-0.4, -0.2) is 36.1 Å². The van der Waals surface area contributed by atoms with E-state index in [1.165, 1.54) is 22.9 Å². The first-order chi connectivity index (χ1) is 13.5. The SMILES string of the molecule is C.CC.CC.CN(Cl)CCCl.COc1ccc(O)c2sc3ccccc3c(=O)c12. The minimum Gasteiger partial charge on any atom is -0.506 e. The van der Waals surface area contributed by atoms with Crippen LogP contribution in [-0.2, 0) is 0 Å². The van der Waals surface area contributed by atoms with E-state index in [2.05, 4.69) is 0 Å². The summed E-state index contributed by atoms with van der Waals surface area (Å²) in [5.74, 6) is 1.20. The Balaban J connectivity index is 0. The second-order valence-corrected chi connectivity index (χ2v) is 6.94. The highest BCUT2D eigenvalue weighted by Gasteiger charge is 2.13. The van der Waals surface area contributed by atoms with Gasteiger partial charge in [0.05, 0.1) is 17.2 Å². The molecule has 7 heteroatoms. The molecule has 0 atom stereocenters. The zero-order valence-electron chi connectivity index (χ0n) is 17.3. The molecule has 0 radical (unpaired) electrons. The van der Waals surface area contributed by atoms with Crippen molar-refractivity contribution in [2.75, 3.05) is 26.6 Å². The third-order valence-corrected chi connectivity index (χ3v) is 4.81. The molecule has 29 heavy (non-hydrogen) atoms. The number of halogens is 2. The summed E-state index contributed by atoms with van der Waals surface area (Å²) < 4.78 is 8.16. The number of aromatic hydroxyl groups is 1. The lowest BCUT2D eigenvalue weighted by atomic mass is 10.1. The van der Waals surface area contributed by atoms with E-state index in [1.54, 1.807) is 25.2 Å². The number of benzene rings is 2. The minimum atomic E-state index is -0.105. The Kier molecular flexibility index (Phi) is 16.7. The lowest BCUT2D eigenvalue weighted by Crippen LogP contribution is -2.06. The number of methoxy groups -OCH3 is 1. The molecule has 164 valence electrons. The largest absolute Gasteiger partial charge is 0.506 e. The van der Waals surface area contributed by atoms with E-state index in [0.29, 0.717) is 27.1 Å². The number of fused-ring (bicyclic) bond motifs is 2. The molecule has 1 aromatic heterocycles. The molecule has 0 spiro atoms. The molecule has 1 N–H and O–H groups in total. The summed E-state index contributed by atoms with van der Waals surface area (Å²) in [5, 5.41) is 11.0. The molecular weight excluding hydrogens is 429 g/mol. The van der Waals surface area contributed by atoms with Crippen LogP contribution in [0.3, 0.4) is 0 Å². The van der Waals surface area contributed by atoms with Crippen LogP contribution in [0.15, 0.2) is 41.2 Å². The second kappa shape index (κ2) is 16.3. The van der Waals surface area contributed by atoms with Crippen molar-refractivity contribution < 1.29 is 9.84 Å². The first-order valence-electron chi connectivity index (χ1n) is 9.14. The number of phenolic OH excluding ortho intramolecular Hbond substituents is 1. The average Bonchev–Trinajstić information content (AvgIpc) is 2.72. The smallest absolute Gasteiger partial charge is 0.199 e. The molecule has 0 aliphatic heterocycles. The van der Waals surface area contributed by atoms with Gasteiger partial charge in [-0.2, -0.15) is 0 Å². The van der Waals surface area contributed by atoms with Crippen LogP contribution >= 0.6 is 34.7 Å². The molecule has 0 aliphatic rings. The fourth-order valence-corrected chi connectivity index (χ4v) is 3.68. The Morgan fingerprint density at radius 3 is 2.17 bits per heavy atom. The maximum absolute atomic E-state index is 12.4. The van der Waals surface area contributed by atoms with Crippen LogP contribution in [0.25, 0.3) is 20.2 Å². The summed E-state index contributed by atoms with van der Waals surface area (Å²) in [4.78, 5) is 12.4. The molecular formula is C22H33Cl2NO3S. The predicted molar refractivity (Wildman–Crippen MR) is 132 cm³/mol. The van der Waals surface area contributed by atoms with Crippen LogP contribution in [0.2, 0.25) is 0 Å². The highest BCUT2D eigenvalue weighted by molar-refractivity contribution is 7.25. The lowest BCUT2D eigenvalue weighted by molar-refractivity contribution is 0.418. The standard InChI is InChI=1S/C14H10O3S.C3H7Cl2N.2C2H6.CH4/c1-17-10-7-6-9(15)14-12(10)13(16)8-4-2-3-5-11(8)18-14;1-6(5)3-2-4;2*1-2;/h2-7,15H,1H3;2-3H2,1H3;2*1-2H3;1H4. The number of nitrogens with zero attached hydrogens (tertiary/aromatic N) is 1. The summed E-state index contributed by atoms with van der Waals surface area (Å²) >= 11 is 12.0. The Morgan fingerprint density at radius 2 is 1.69 bits per heavy atom. The van der Waals surface area contributed by atoms with Crippen LogP contribution in [0, 0.1) is 0 Å². The van der Waals surface area contributed by atoms with Gasteiger partial charge in [0.15, 0.2) is 5.43 Å². The molecule has 4 nitrogen and oxygen atoms in total. The number of phenols is 1. The normalized spacial score (nSPS) is 9.28. The molecule has 3 aromatic rings. The second-order valence-electron chi connectivity index (χ2n) is 4.94. The predicted octanol–water partition coefficient (Wildman–Crippen LogP) is 7.13. The Hall–Kier alpha value is -1.53. The Bertz CT molecular complexity index is 898. The van der Waals surface area contributed by atoms with Crippen molar-refractivity contribution in [2.24, 2.45) is 0 Å². The third kappa shape index (κ3) is 8.39. The monoisotopic (exact) mass is 461 g/mol. The maximum Gasteiger partial charge on any atom is 0.199 e. The zero-order valence-corrected chi connectivity index (χ0v) is 19.6. The van der Waals surface area contributed by atoms with E-state index in [9.17, 15) is 9.90 Å². The van der Waals surface area contributed by atoms with Gasteiger partial charge < -0.3 is 9.84 Å². The Labute approximate surface area is 188 Å². The number of rotatable bonds is 3. The van der Waals surface area contributed by atoms with Crippen LogP contribution in [0.5, 0.6) is 11.5 Å². The van der Waals surface area contributed by atoms with Gasteiger partial charge in [0.1, 0.15) is 11.5 Å². The summed E-state index contributed by atoms with van der Waals surface area (Å²) in [5.41, 5.74) is -0.105. The number of hydrogen-bond donors (Lipinski definition) is 1. The minimum absolute atomic E-state index is 0. The molecule has 0 saturated carbocycles. The molecule has 0 unspecified atom stereocenters. The summed E-state index contributed by atoms with van der Waals surface area (Å²) in [6.45, 7) is 8.74. The van der Waals surface area contributed by atoms with Crippen molar-refractivity contribution >= 4 is 54.9 Å². The Morgan fingerprint density at radius 1 is 1.10 bits per heavy atom. The topological polar surface area (TPSA) is 49.8 Å². The zero-order chi connectivity index (χ0) is 21.7. The fraction of sp³-hybridized carbons (Fsp3) is 0.409. The highest BCUT2D eigenvalue weighted by atomic mass is 35.5. The van der Waals surface area contributed by atoms with Crippen LogP contribution in [0.4, 0.5) is 0 Å². The lowest BCUT2D eigenvalue weighted by Gasteiger charge is -2.07. The van der Waals surface area contributed by atoms with Crippen molar-refractivity contribution in [3.05, 3.63) is 46.6 Å². The van der Waals surface area contributed by atoms with Gasteiger partial charge in [-0.05, 0) is 36.0 Å². The van der Waals surface area contributed by atoms with Gasteiger partial charge in [-0.15, -0.1) is 22.9 Å². The van der Waals surface area contributed by atoms with Gasteiger partial charge in [-0.1, -0.05) is 47.3 Å². The number of hydrogen-bond acceptors (Lipinski definition) is 5. The van der Waals surface area contributed by atoms with Crippen molar-refractivity contribution in [2.45, 2.75) is 35.1 Å². The van der Waals surface area contributed by atoms with Gasteiger partial charge in [0.2, 0.25) is 0 Å². The van der Waals surface area contributed by atoms with E-state index in [-0.39, 0.29) is 18.6 Å². The van der Waals surface area contributed by atoms with E-state index >= 15 is 0 Å². The summed E-state index contributed by atoms with van der Waals surface area (Å²) in [6.07, 6.45) is 0. The average molecular weight is 462 g/mol. The van der Waals surface area contributed by atoms with E-state index in [4.69, 9.17) is 28.1 Å². The third-order valence-electron chi connectivity index (χ3n) is 3.28. The molecule has 0 bridgehead atoms. The first-order valence-corrected chi connectivity index (χ1v) is 10.8. The van der Waals surface area contributed by atoms with Crippen LogP contribution < -0.4 is 10.2 Å². The van der Waals surface area contributed by atoms with Crippen molar-refractivity contribution in [1.29, 1.82) is 0 Å². The van der Waals surface area contributed by atoms with Crippen molar-refractivity contribution in [3.8, 4) is 11.5 Å². The van der Waals surface area contributed by atoms with Crippen molar-refractivity contribution in [3.63, 3.8) is 0 Å². The number of ether oxygens (including phenoxy) is 1. The molecule has 0 saturated heterocycles. The van der Waals surface area contributed by atoms with E-state index < -0.39 is 0 Å². The van der Waals surface area contributed by atoms with Crippen LogP contribution in [0.1, 0.15) is 35.1 Å².